The van der Waals surface area contributed by atoms with Gasteiger partial charge in [-0.1, -0.05) is 29.3 Å². The predicted octanol–water partition coefficient (Wildman–Crippen LogP) is 4.98. The highest BCUT2D eigenvalue weighted by molar-refractivity contribution is 14.1. The summed E-state index contributed by atoms with van der Waals surface area (Å²) in [6.07, 6.45) is 0.402. The fourth-order valence-corrected chi connectivity index (χ4v) is 2.91. The van der Waals surface area contributed by atoms with Crippen molar-refractivity contribution in [1.82, 2.24) is 0 Å². The summed E-state index contributed by atoms with van der Waals surface area (Å²) in [4.78, 5) is 0. The topological polar surface area (TPSA) is 26.0 Å². The van der Waals surface area contributed by atoms with E-state index in [9.17, 15) is 4.39 Å². The van der Waals surface area contributed by atoms with Crippen molar-refractivity contribution in [2.75, 3.05) is 0 Å². The number of benzene rings is 2. The van der Waals surface area contributed by atoms with Gasteiger partial charge in [-0.25, -0.2) is 4.39 Å². The molecule has 2 rings (SSSR count). The zero-order chi connectivity index (χ0) is 14.0. The van der Waals surface area contributed by atoms with E-state index in [1.54, 1.807) is 12.1 Å². The van der Waals surface area contributed by atoms with Gasteiger partial charge in [0, 0.05) is 19.7 Å². The van der Waals surface area contributed by atoms with E-state index in [0.717, 1.165) is 9.13 Å². The monoisotopic (exact) mass is 409 g/mol. The Morgan fingerprint density at radius 2 is 1.74 bits per heavy atom. The average Bonchev–Trinajstić information content (AvgIpc) is 2.35. The first kappa shape index (κ1) is 15.0. The highest BCUT2D eigenvalue weighted by Gasteiger charge is 2.14. The van der Waals surface area contributed by atoms with Gasteiger partial charge in [-0.05, 0) is 70.5 Å². The van der Waals surface area contributed by atoms with Gasteiger partial charge in [0.2, 0.25) is 0 Å². The van der Waals surface area contributed by atoms with Crippen LogP contribution in [0.5, 0.6) is 0 Å². The van der Waals surface area contributed by atoms with Gasteiger partial charge in [0.1, 0.15) is 5.82 Å². The molecule has 0 heterocycles. The summed E-state index contributed by atoms with van der Waals surface area (Å²) < 4.78 is 14.8. The van der Waals surface area contributed by atoms with Crippen LogP contribution in [0.4, 0.5) is 4.39 Å². The largest absolute Gasteiger partial charge is 0.324 e. The van der Waals surface area contributed by atoms with E-state index in [0.29, 0.717) is 22.0 Å². The molecule has 2 aromatic carbocycles. The van der Waals surface area contributed by atoms with Crippen LogP contribution in [0.2, 0.25) is 10.0 Å². The van der Waals surface area contributed by atoms with E-state index >= 15 is 0 Å². The van der Waals surface area contributed by atoms with Gasteiger partial charge in [-0.3, -0.25) is 0 Å². The summed E-state index contributed by atoms with van der Waals surface area (Å²) in [6, 6.07) is 9.85. The summed E-state index contributed by atoms with van der Waals surface area (Å²) in [6.45, 7) is 0. The molecule has 0 fully saturated rings. The van der Waals surface area contributed by atoms with Crippen molar-refractivity contribution in [3.05, 3.63) is 67.0 Å². The molecule has 0 spiro atoms. The van der Waals surface area contributed by atoms with Crippen molar-refractivity contribution in [3.8, 4) is 0 Å². The second kappa shape index (κ2) is 6.39. The maximum Gasteiger partial charge on any atom is 0.127 e. The smallest absolute Gasteiger partial charge is 0.127 e. The van der Waals surface area contributed by atoms with Gasteiger partial charge >= 0.3 is 0 Å². The fraction of sp³-hybridized carbons (Fsp3) is 0.143. The highest BCUT2D eigenvalue weighted by Crippen LogP contribution is 2.26. The second-order valence-corrected chi connectivity index (χ2v) is 6.25. The molecule has 2 N–H and O–H groups in total. The summed E-state index contributed by atoms with van der Waals surface area (Å²) in [7, 11) is 0. The van der Waals surface area contributed by atoms with Gasteiger partial charge < -0.3 is 5.73 Å². The molecule has 0 aliphatic heterocycles. The fourth-order valence-electron chi connectivity index (χ4n) is 1.83. The minimum Gasteiger partial charge on any atom is -0.324 e. The Bertz CT molecular complexity index is 604. The number of halogens is 4. The Morgan fingerprint density at radius 1 is 1.11 bits per heavy atom. The van der Waals surface area contributed by atoms with Crippen LogP contribution in [-0.2, 0) is 6.42 Å². The van der Waals surface area contributed by atoms with Crippen LogP contribution in [0, 0.1) is 9.39 Å². The molecule has 0 aromatic heterocycles. The third-order valence-electron chi connectivity index (χ3n) is 2.81. The van der Waals surface area contributed by atoms with Gasteiger partial charge in [-0.15, -0.1) is 0 Å². The molecule has 5 heteroatoms. The quantitative estimate of drug-likeness (QED) is 0.711. The molecule has 100 valence electrons. The lowest BCUT2D eigenvalue weighted by Gasteiger charge is -2.15. The maximum atomic E-state index is 13.7. The van der Waals surface area contributed by atoms with Crippen LogP contribution < -0.4 is 5.73 Å². The molecule has 0 bridgehead atoms. The Kier molecular flexibility index (Phi) is 5.06. The van der Waals surface area contributed by atoms with Crippen LogP contribution in [0.1, 0.15) is 17.2 Å². The third kappa shape index (κ3) is 3.81. The van der Waals surface area contributed by atoms with Gasteiger partial charge in [-0.2, -0.15) is 0 Å². The zero-order valence-electron chi connectivity index (χ0n) is 9.84. The molecule has 0 radical (unpaired) electrons. The van der Waals surface area contributed by atoms with E-state index in [1.807, 2.05) is 18.2 Å². The minimum absolute atomic E-state index is 0.304. The number of rotatable bonds is 3. The molecule has 1 atom stereocenters. The Morgan fingerprint density at radius 3 is 2.42 bits per heavy atom. The summed E-state index contributed by atoms with van der Waals surface area (Å²) in [5, 5.41) is 1.01. The lowest BCUT2D eigenvalue weighted by atomic mass is 9.99. The first-order chi connectivity index (χ1) is 8.97. The summed E-state index contributed by atoms with van der Waals surface area (Å²) in [5.41, 5.74) is 7.61. The Labute approximate surface area is 135 Å². The van der Waals surface area contributed by atoms with Crippen LogP contribution in [0.15, 0.2) is 36.4 Å². The van der Waals surface area contributed by atoms with Crippen molar-refractivity contribution in [3.63, 3.8) is 0 Å². The van der Waals surface area contributed by atoms with E-state index in [1.165, 1.54) is 6.07 Å². The van der Waals surface area contributed by atoms with Crippen LogP contribution in [0.25, 0.3) is 0 Å². The normalized spacial score (nSPS) is 12.5. The SMILES string of the molecule is NC(Cc1ccc(Cl)cc1F)c1cc(Cl)ccc1I. The van der Waals surface area contributed by atoms with Crippen LogP contribution in [0.3, 0.4) is 0 Å². The van der Waals surface area contributed by atoms with E-state index in [2.05, 4.69) is 22.6 Å². The standard InChI is InChI=1S/C14H11Cl2FIN/c15-9-3-4-13(18)11(6-9)14(19)5-8-1-2-10(16)7-12(8)17/h1-4,6-7,14H,5,19H2. The Balaban J connectivity index is 2.25. The van der Waals surface area contributed by atoms with Crippen molar-refractivity contribution in [1.29, 1.82) is 0 Å². The van der Waals surface area contributed by atoms with Gasteiger partial charge in [0.25, 0.3) is 0 Å². The molecule has 0 aliphatic carbocycles. The van der Waals surface area contributed by atoms with Crippen molar-refractivity contribution in [2.24, 2.45) is 5.73 Å². The molecule has 2 aromatic rings. The second-order valence-electron chi connectivity index (χ2n) is 4.21. The zero-order valence-corrected chi connectivity index (χ0v) is 13.5. The lowest BCUT2D eigenvalue weighted by Crippen LogP contribution is -2.15. The third-order valence-corrected chi connectivity index (χ3v) is 4.27. The summed E-state index contributed by atoms with van der Waals surface area (Å²) in [5.74, 6) is -0.333. The van der Waals surface area contributed by atoms with E-state index in [-0.39, 0.29) is 11.9 Å². The maximum absolute atomic E-state index is 13.7. The van der Waals surface area contributed by atoms with E-state index < -0.39 is 0 Å². The first-order valence-electron chi connectivity index (χ1n) is 5.62. The molecule has 0 amide bonds. The molecule has 0 aliphatic rings. The number of nitrogens with two attached hydrogens (primary N) is 1. The first-order valence-corrected chi connectivity index (χ1v) is 7.45. The average molecular weight is 410 g/mol. The number of hydrogen-bond donors (Lipinski definition) is 1. The van der Waals surface area contributed by atoms with Crippen molar-refractivity contribution < 1.29 is 4.39 Å². The molecular formula is C14H11Cl2FIN. The van der Waals surface area contributed by atoms with Crippen LogP contribution in [-0.4, -0.2) is 0 Å². The predicted molar refractivity (Wildman–Crippen MR) is 86.2 cm³/mol. The molecule has 1 nitrogen and oxygen atoms in total. The Hall–Kier alpha value is -0.360. The molecular weight excluding hydrogens is 399 g/mol. The molecule has 0 saturated carbocycles. The molecule has 0 saturated heterocycles. The van der Waals surface area contributed by atoms with Crippen LogP contribution >= 0.6 is 45.8 Å². The highest BCUT2D eigenvalue weighted by atomic mass is 127. The molecule has 19 heavy (non-hydrogen) atoms. The van der Waals surface area contributed by atoms with Crippen molar-refractivity contribution >= 4 is 45.8 Å². The molecule has 1 unspecified atom stereocenters. The number of hydrogen-bond acceptors (Lipinski definition) is 1. The van der Waals surface area contributed by atoms with Gasteiger partial charge in [0.15, 0.2) is 0 Å². The van der Waals surface area contributed by atoms with Crippen molar-refractivity contribution in [2.45, 2.75) is 12.5 Å². The minimum atomic E-state index is -0.333. The van der Waals surface area contributed by atoms with E-state index in [4.69, 9.17) is 28.9 Å². The van der Waals surface area contributed by atoms with Gasteiger partial charge in [0.05, 0.1) is 0 Å². The lowest BCUT2D eigenvalue weighted by molar-refractivity contribution is 0.593. The summed E-state index contributed by atoms with van der Waals surface area (Å²) >= 11 is 13.9.